The highest BCUT2D eigenvalue weighted by molar-refractivity contribution is 6.33. The average Bonchev–Trinajstić information content (AvgIpc) is 3.48. The molecule has 8 nitrogen and oxygen atoms in total. The van der Waals surface area contributed by atoms with E-state index in [1.165, 1.54) is 6.07 Å². The van der Waals surface area contributed by atoms with E-state index in [9.17, 15) is 4.79 Å². The standard InChI is InChI=1S/C22H21ClFN7O/c1-30-11-13(9-27-30)20-14-8-17(26-10-18(14)28-29-20)19-15(23)6-12(7-16(19)24)21(22(25)32)31-4-2-3-5-31/h6-11,21H,2-5H2,1H3,(H2,25,32)(H,28,29). The molecule has 0 radical (unpaired) electrons. The monoisotopic (exact) mass is 453 g/mol. The number of nitrogens with two attached hydrogens (primary N) is 1. The number of aromatic nitrogens is 5. The molecule has 1 saturated heterocycles. The molecule has 3 aromatic heterocycles. The Morgan fingerprint density at radius 3 is 2.69 bits per heavy atom. The van der Waals surface area contributed by atoms with Crippen LogP contribution in [0.4, 0.5) is 4.39 Å². The SMILES string of the molecule is Cn1cc(-c2n[nH]c3cnc(-c4c(F)cc(C(C(N)=O)N5CCCC5)cc4Cl)cc23)cn1. The molecule has 0 aliphatic carbocycles. The zero-order valence-electron chi connectivity index (χ0n) is 17.3. The Hall–Kier alpha value is -3.30. The van der Waals surface area contributed by atoms with E-state index in [1.807, 2.05) is 18.1 Å². The molecule has 3 N–H and O–H groups in total. The Morgan fingerprint density at radius 2 is 2.03 bits per heavy atom. The lowest BCUT2D eigenvalue weighted by Crippen LogP contribution is -2.36. The van der Waals surface area contributed by atoms with Crippen molar-refractivity contribution in [2.75, 3.05) is 13.1 Å². The highest BCUT2D eigenvalue weighted by Crippen LogP contribution is 2.36. The van der Waals surface area contributed by atoms with E-state index in [1.54, 1.807) is 29.2 Å². The summed E-state index contributed by atoms with van der Waals surface area (Å²) >= 11 is 6.52. The molecular weight excluding hydrogens is 433 g/mol. The van der Waals surface area contributed by atoms with Crippen molar-refractivity contribution in [2.24, 2.45) is 12.8 Å². The van der Waals surface area contributed by atoms with E-state index < -0.39 is 17.8 Å². The van der Waals surface area contributed by atoms with Crippen molar-refractivity contribution in [3.8, 4) is 22.5 Å². The summed E-state index contributed by atoms with van der Waals surface area (Å²) in [5.41, 5.74) is 8.86. The number of nitrogens with zero attached hydrogens (tertiary/aromatic N) is 5. The number of amides is 1. The highest BCUT2D eigenvalue weighted by Gasteiger charge is 2.29. The number of hydrogen-bond acceptors (Lipinski definition) is 5. The van der Waals surface area contributed by atoms with Gasteiger partial charge in [-0.05, 0) is 49.7 Å². The van der Waals surface area contributed by atoms with E-state index in [0.29, 0.717) is 22.5 Å². The average molecular weight is 454 g/mol. The summed E-state index contributed by atoms with van der Waals surface area (Å²) in [6.45, 7) is 1.48. The zero-order chi connectivity index (χ0) is 22.4. The quantitative estimate of drug-likeness (QED) is 0.481. The summed E-state index contributed by atoms with van der Waals surface area (Å²) in [6.07, 6.45) is 7.11. The van der Waals surface area contributed by atoms with Gasteiger partial charge in [-0.25, -0.2) is 4.39 Å². The van der Waals surface area contributed by atoms with Gasteiger partial charge in [-0.3, -0.25) is 24.5 Å². The first-order valence-corrected chi connectivity index (χ1v) is 10.7. The number of aromatic amines is 1. The molecule has 32 heavy (non-hydrogen) atoms. The van der Waals surface area contributed by atoms with Crippen LogP contribution in [0.2, 0.25) is 5.02 Å². The first-order valence-electron chi connectivity index (χ1n) is 10.3. The number of fused-ring (bicyclic) bond motifs is 1. The molecule has 4 aromatic rings. The lowest BCUT2D eigenvalue weighted by molar-refractivity contribution is -0.123. The van der Waals surface area contributed by atoms with Crippen molar-refractivity contribution < 1.29 is 9.18 Å². The molecule has 5 rings (SSSR count). The van der Waals surface area contributed by atoms with Crippen molar-refractivity contribution in [2.45, 2.75) is 18.9 Å². The molecule has 1 fully saturated rings. The molecule has 1 atom stereocenters. The van der Waals surface area contributed by atoms with Gasteiger partial charge in [0.25, 0.3) is 0 Å². The van der Waals surface area contributed by atoms with Gasteiger partial charge >= 0.3 is 0 Å². The van der Waals surface area contributed by atoms with Gasteiger partial charge in [-0.2, -0.15) is 10.2 Å². The van der Waals surface area contributed by atoms with Gasteiger partial charge in [-0.1, -0.05) is 11.6 Å². The normalized spacial score (nSPS) is 15.5. The fourth-order valence-corrected chi connectivity index (χ4v) is 4.68. The first kappa shape index (κ1) is 20.6. The lowest BCUT2D eigenvalue weighted by atomic mass is 10.00. The van der Waals surface area contributed by atoms with Gasteiger partial charge in [0.05, 0.1) is 34.2 Å². The van der Waals surface area contributed by atoms with Crippen LogP contribution in [0.25, 0.3) is 33.4 Å². The number of primary amides is 1. The van der Waals surface area contributed by atoms with Crippen LogP contribution in [0.5, 0.6) is 0 Å². The molecule has 1 aromatic carbocycles. The molecule has 0 bridgehead atoms. The van der Waals surface area contributed by atoms with Gasteiger partial charge in [-0.15, -0.1) is 0 Å². The van der Waals surface area contributed by atoms with Crippen molar-refractivity contribution in [1.29, 1.82) is 0 Å². The van der Waals surface area contributed by atoms with Crippen LogP contribution in [0, 0.1) is 5.82 Å². The minimum absolute atomic E-state index is 0.167. The number of aryl methyl sites for hydroxylation is 1. The molecule has 0 saturated carbocycles. The van der Waals surface area contributed by atoms with E-state index in [0.717, 1.165) is 36.9 Å². The van der Waals surface area contributed by atoms with Crippen molar-refractivity contribution >= 4 is 28.4 Å². The van der Waals surface area contributed by atoms with Crippen molar-refractivity contribution in [3.63, 3.8) is 0 Å². The van der Waals surface area contributed by atoms with Crippen LogP contribution < -0.4 is 5.73 Å². The third kappa shape index (κ3) is 3.53. The summed E-state index contributed by atoms with van der Waals surface area (Å²) < 4.78 is 17.0. The maximum absolute atomic E-state index is 15.3. The van der Waals surface area contributed by atoms with Crippen LogP contribution in [-0.4, -0.2) is 48.9 Å². The highest BCUT2D eigenvalue weighted by atomic mass is 35.5. The maximum Gasteiger partial charge on any atom is 0.239 e. The fraction of sp³-hybridized carbons (Fsp3) is 0.273. The molecule has 0 spiro atoms. The van der Waals surface area contributed by atoms with E-state index in [4.69, 9.17) is 17.3 Å². The van der Waals surface area contributed by atoms with E-state index in [2.05, 4.69) is 20.3 Å². The molecule has 10 heteroatoms. The largest absolute Gasteiger partial charge is 0.368 e. The minimum Gasteiger partial charge on any atom is -0.368 e. The van der Waals surface area contributed by atoms with Crippen LogP contribution in [0.3, 0.4) is 0 Å². The molecule has 4 heterocycles. The molecule has 1 aliphatic heterocycles. The van der Waals surface area contributed by atoms with Crippen LogP contribution >= 0.6 is 11.6 Å². The smallest absolute Gasteiger partial charge is 0.239 e. The second kappa shape index (κ2) is 7.99. The van der Waals surface area contributed by atoms with Gasteiger partial charge in [0.15, 0.2) is 0 Å². The number of carbonyl (C=O) groups excluding carboxylic acids is 1. The van der Waals surface area contributed by atoms with Crippen LogP contribution in [-0.2, 0) is 11.8 Å². The predicted octanol–water partition coefficient (Wildman–Crippen LogP) is 3.44. The summed E-state index contributed by atoms with van der Waals surface area (Å²) in [5.74, 6) is -1.08. The van der Waals surface area contributed by atoms with Crippen LogP contribution in [0.1, 0.15) is 24.4 Å². The summed E-state index contributed by atoms with van der Waals surface area (Å²) in [7, 11) is 1.82. The van der Waals surface area contributed by atoms with Gasteiger partial charge in [0, 0.05) is 24.2 Å². The first-order chi connectivity index (χ1) is 15.4. The Bertz CT molecular complexity index is 1300. The van der Waals surface area contributed by atoms with Gasteiger partial charge < -0.3 is 5.73 Å². The third-order valence-corrected chi connectivity index (χ3v) is 6.14. The Morgan fingerprint density at radius 1 is 1.25 bits per heavy atom. The molecule has 1 aliphatic rings. The van der Waals surface area contributed by atoms with Crippen molar-refractivity contribution in [1.82, 2.24) is 29.9 Å². The molecular formula is C22H21ClFN7O. The number of H-pyrrole nitrogens is 1. The second-order valence-corrected chi connectivity index (χ2v) is 8.40. The lowest BCUT2D eigenvalue weighted by Gasteiger charge is -2.25. The number of nitrogens with one attached hydrogen (secondary N) is 1. The third-order valence-electron chi connectivity index (χ3n) is 5.84. The number of hydrogen-bond donors (Lipinski definition) is 2. The molecule has 164 valence electrons. The number of rotatable bonds is 5. The Kier molecular flexibility index (Phi) is 5.15. The Balaban J connectivity index is 1.58. The van der Waals surface area contributed by atoms with E-state index >= 15 is 4.39 Å². The summed E-state index contributed by atoms with van der Waals surface area (Å²) in [4.78, 5) is 18.5. The summed E-state index contributed by atoms with van der Waals surface area (Å²) in [5, 5.41) is 12.4. The molecule has 1 unspecified atom stereocenters. The topological polar surface area (TPSA) is 106 Å². The number of pyridine rings is 1. The minimum atomic E-state index is -0.708. The second-order valence-electron chi connectivity index (χ2n) is 8.00. The number of halogens is 2. The van der Waals surface area contributed by atoms with Crippen LogP contribution in [0.15, 0.2) is 36.8 Å². The van der Waals surface area contributed by atoms with Gasteiger partial charge in [0.2, 0.25) is 5.91 Å². The zero-order valence-corrected chi connectivity index (χ0v) is 18.1. The van der Waals surface area contributed by atoms with Gasteiger partial charge in [0.1, 0.15) is 17.6 Å². The Labute approximate surface area is 188 Å². The fourth-order valence-electron chi connectivity index (χ4n) is 4.37. The maximum atomic E-state index is 15.3. The predicted molar refractivity (Wildman–Crippen MR) is 119 cm³/mol. The number of carbonyl (C=O) groups is 1. The van der Waals surface area contributed by atoms with Crippen molar-refractivity contribution in [3.05, 3.63) is 53.2 Å². The number of benzene rings is 1. The molecule has 1 amide bonds. The summed E-state index contributed by atoms with van der Waals surface area (Å²) in [6, 6.07) is 3.98. The number of likely N-dealkylation sites (tertiary alicyclic amines) is 1. The van der Waals surface area contributed by atoms with E-state index in [-0.39, 0.29) is 10.6 Å².